The number of anilines is 2. The highest BCUT2D eigenvalue weighted by Gasteiger charge is 2.28. The number of rotatable bonds is 9. The molecule has 3 N–H and O–H groups in total. The van der Waals surface area contributed by atoms with E-state index in [2.05, 4.69) is 20.6 Å². The number of likely N-dealkylation sites (tertiary alicyclic amines) is 1. The largest absolute Gasteiger partial charge is 0.494 e. The smallest absolute Gasteiger partial charge is 0.266 e. The molecule has 0 saturated carbocycles. The molecule has 1 fully saturated rings. The van der Waals surface area contributed by atoms with Crippen molar-refractivity contribution in [3.8, 4) is 17.0 Å². The van der Waals surface area contributed by atoms with Gasteiger partial charge in [0.05, 0.1) is 24.8 Å². The highest BCUT2D eigenvalue weighted by molar-refractivity contribution is 7.85. The van der Waals surface area contributed by atoms with Gasteiger partial charge in [0.25, 0.3) is 16.0 Å². The number of hydrogen-bond donors (Lipinski definition) is 3. The van der Waals surface area contributed by atoms with Crippen LogP contribution in [0.1, 0.15) is 28.8 Å². The van der Waals surface area contributed by atoms with Gasteiger partial charge in [-0.05, 0) is 61.7 Å². The predicted octanol–water partition coefficient (Wildman–Crippen LogP) is 3.45. The number of halogens is 1. The molecule has 12 nitrogen and oxygen atoms in total. The first kappa shape index (κ1) is 29.9. The van der Waals surface area contributed by atoms with Crippen LogP contribution in [0.25, 0.3) is 16.9 Å². The van der Waals surface area contributed by atoms with Crippen LogP contribution in [0.5, 0.6) is 5.75 Å². The van der Waals surface area contributed by atoms with E-state index in [1.165, 1.54) is 13.2 Å². The lowest BCUT2D eigenvalue weighted by molar-refractivity contribution is -0.126. The van der Waals surface area contributed by atoms with Crippen molar-refractivity contribution in [1.29, 1.82) is 0 Å². The molecule has 14 heteroatoms. The van der Waals surface area contributed by atoms with Crippen LogP contribution < -0.4 is 15.4 Å². The van der Waals surface area contributed by atoms with Gasteiger partial charge in [-0.2, -0.15) is 8.42 Å². The Balaban J connectivity index is 1.24. The van der Waals surface area contributed by atoms with Gasteiger partial charge in [0.1, 0.15) is 0 Å². The Morgan fingerprint density at radius 2 is 1.91 bits per heavy atom. The van der Waals surface area contributed by atoms with Gasteiger partial charge >= 0.3 is 0 Å². The van der Waals surface area contributed by atoms with Gasteiger partial charge < -0.3 is 20.3 Å². The number of nitrogens with zero attached hydrogens (tertiary/aromatic N) is 4. The first-order chi connectivity index (χ1) is 20.5. The van der Waals surface area contributed by atoms with Gasteiger partial charge in [-0.3, -0.25) is 18.5 Å². The number of imidazole rings is 1. The second-order valence-corrected chi connectivity index (χ2v) is 11.8. The maximum atomic E-state index is 14.3. The first-order valence-corrected chi connectivity index (χ1v) is 15.2. The molecule has 1 saturated heterocycles. The van der Waals surface area contributed by atoms with E-state index in [0.29, 0.717) is 59.9 Å². The maximum Gasteiger partial charge on any atom is 0.266 e. The van der Waals surface area contributed by atoms with Crippen LogP contribution >= 0.6 is 0 Å². The summed E-state index contributed by atoms with van der Waals surface area (Å²) in [5, 5.41) is 5.79. The summed E-state index contributed by atoms with van der Waals surface area (Å²) < 4.78 is 51.7. The van der Waals surface area contributed by atoms with E-state index >= 15 is 0 Å². The summed E-state index contributed by atoms with van der Waals surface area (Å²) in [4.78, 5) is 36.2. The van der Waals surface area contributed by atoms with Gasteiger partial charge in [0.2, 0.25) is 5.91 Å². The fraction of sp³-hybridized carbons (Fsp3) is 0.310. The molecule has 0 bridgehead atoms. The molecule has 5 rings (SSSR count). The highest BCUT2D eigenvalue weighted by atomic mass is 32.2. The number of carbonyl (C=O) groups is 2. The highest BCUT2D eigenvalue weighted by Crippen LogP contribution is 2.29. The lowest BCUT2D eigenvalue weighted by atomic mass is 9.95. The van der Waals surface area contributed by atoms with Gasteiger partial charge in [-0.1, -0.05) is 0 Å². The topological polar surface area (TPSA) is 155 Å². The van der Waals surface area contributed by atoms with E-state index in [1.54, 1.807) is 52.2 Å². The van der Waals surface area contributed by atoms with Crippen molar-refractivity contribution >= 4 is 39.1 Å². The van der Waals surface area contributed by atoms with Crippen LogP contribution in [-0.2, 0) is 14.9 Å². The summed E-state index contributed by atoms with van der Waals surface area (Å²) in [7, 11) is -2.73. The Morgan fingerprint density at radius 3 is 2.58 bits per heavy atom. The Labute approximate surface area is 247 Å². The van der Waals surface area contributed by atoms with Crippen LogP contribution in [0.15, 0.2) is 55.0 Å². The number of aryl methyl sites for hydroxylation is 1. The van der Waals surface area contributed by atoms with E-state index in [4.69, 9.17) is 9.29 Å². The number of methoxy groups -OCH3 is 1. The SMILES string of the molecule is COc1ccc(-c2cnc3c(Nc4ccc(C(=O)N5CCC(C(=O)NCCS(=O)(=O)O)CC5)c(C)c4)nccn23)cc1F. The van der Waals surface area contributed by atoms with Crippen LogP contribution in [-0.4, -0.2) is 76.6 Å². The van der Waals surface area contributed by atoms with Crippen LogP contribution in [0.2, 0.25) is 0 Å². The van der Waals surface area contributed by atoms with Crippen LogP contribution in [0.3, 0.4) is 0 Å². The molecule has 2 aromatic heterocycles. The van der Waals surface area contributed by atoms with Crippen molar-refractivity contribution in [3.63, 3.8) is 0 Å². The van der Waals surface area contributed by atoms with Crippen LogP contribution in [0, 0.1) is 18.7 Å². The van der Waals surface area contributed by atoms with Crippen molar-refractivity contribution in [2.45, 2.75) is 19.8 Å². The minimum Gasteiger partial charge on any atom is -0.494 e. The van der Waals surface area contributed by atoms with Crippen molar-refractivity contribution in [1.82, 2.24) is 24.6 Å². The summed E-state index contributed by atoms with van der Waals surface area (Å²) in [6.45, 7) is 2.46. The molecule has 2 aromatic carbocycles. The number of fused-ring (bicyclic) bond motifs is 1. The Hall–Kier alpha value is -4.56. The molecule has 3 heterocycles. The number of carbonyl (C=O) groups excluding carboxylic acids is 2. The van der Waals surface area contributed by atoms with Crippen molar-refractivity contribution < 1.29 is 31.7 Å². The van der Waals surface area contributed by atoms with E-state index in [0.717, 1.165) is 5.56 Å². The zero-order chi connectivity index (χ0) is 30.7. The Kier molecular flexibility index (Phi) is 8.59. The quantitative estimate of drug-likeness (QED) is 0.242. The average molecular weight is 611 g/mol. The number of benzene rings is 2. The van der Waals surface area contributed by atoms with E-state index < -0.39 is 21.7 Å². The average Bonchev–Trinajstić information content (AvgIpc) is 3.41. The van der Waals surface area contributed by atoms with E-state index in [-0.39, 0.29) is 30.0 Å². The van der Waals surface area contributed by atoms with Crippen molar-refractivity contribution in [2.75, 3.05) is 37.8 Å². The number of aromatic nitrogens is 3. The molecule has 43 heavy (non-hydrogen) atoms. The number of amides is 2. The second-order valence-electron chi connectivity index (χ2n) is 10.3. The lowest BCUT2D eigenvalue weighted by Gasteiger charge is -2.31. The zero-order valence-corrected chi connectivity index (χ0v) is 24.4. The Morgan fingerprint density at radius 1 is 1.14 bits per heavy atom. The Bertz CT molecular complexity index is 1790. The second kappa shape index (κ2) is 12.4. The fourth-order valence-corrected chi connectivity index (χ4v) is 5.49. The predicted molar refractivity (Wildman–Crippen MR) is 157 cm³/mol. The minimum absolute atomic E-state index is 0.140. The molecule has 0 spiro atoms. The summed E-state index contributed by atoms with van der Waals surface area (Å²) in [6.07, 6.45) is 5.90. The minimum atomic E-state index is -4.14. The maximum absolute atomic E-state index is 14.3. The first-order valence-electron chi connectivity index (χ1n) is 13.6. The molecule has 0 radical (unpaired) electrons. The van der Waals surface area contributed by atoms with Gasteiger partial charge in [-0.15, -0.1) is 0 Å². The number of ether oxygens (including phenoxy) is 1. The summed E-state index contributed by atoms with van der Waals surface area (Å²) in [5.74, 6) is -1.14. The number of piperidine rings is 1. The van der Waals surface area contributed by atoms with Crippen LogP contribution in [0.4, 0.5) is 15.9 Å². The molecule has 0 atom stereocenters. The summed E-state index contributed by atoms with van der Waals surface area (Å²) >= 11 is 0. The molecule has 226 valence electrons. The van der Waals surface area contributed by atoms with E-state index in [1.807, 2.05) is 13.0 Å². The fourth-order valence-electron chi connectivity index (χ4n) is 5.13. The summed E-state index contributed by atoms with van der Waals surface area (Å²) in [5.41, 5.74) is 3.84. The molecule has 1 aliphatic heterocycles. The lowest BCUT2D eigenvalue weighted by Crippen LogP contribution is -2.43. The normalized spacial score (nSPS) is 14.1. The standard InChI is InChI=1S/C29H31FN6O6S/c1-18-15-21(4-5-22(18)29(38)35-11-7-19(8-12-35)28(37)32-10-14-43(39,40)41)34-26-27-33-17-24(36(27)13-9-31-26)20-3-6-25(42-2)23(30)16-20/h3-6,9,13,15-17,19H,7-8,10-12,14H2,1-2H3,(H,31,34)(H,32,37)(H,39,40,41). The van der Waals surface area contributed by atoms with Gasteiger partial charge in [0.15, 0.2) is 23.0 Å². The number of nitrogens with one attached hydrogen (secondary N) is 2. The number of hydrogen-bond acceptors (Lipinski definition) is 8. The summed E-state index contributed by atoms with van der Waals surface area (Å²) in [6, 6.07) is 10.1. The monoisotopic (exact) mass is 610 g/mol. The zero-order valence-electron chi connectivity index (χ0n) is 23.6. The molecule has 1 aliphatic rings. The molecule has 4 aromatic rings. The molecule has 0 aliphatic carbocycles. The third kappa shape index (κ3) is 6.75. The third-order valence-corrected chi connectivity index (χ3v) is 8.13. The third-order valence-electron chi connectivity index (χ3n) is 7.41. The molecule has 2 amide bonds. The van der Waals surface area contributed by atoms with Crippen molar-refractivity contribution in [2.24, 2.45) is 5.92 Å². The van der Waals surface area contributed by atoms with Gasteiger partial charge in [-0.25, -0.2) is 14.4 Å². The molecular formula is C29H31FN6O6S. The molecular weight excluding hydrogens is 579 g/mol. The molecule has 0 unspecified atom stereocenters. The van der Waals surface area contributed by atoms with Crippen molar-refractivity contribution in [3.05, 3.63) is 71.9 Å². The van der Waals surface area contributed by atoms with E-state index in [9.17, 15) is 22.4 Å². The van der Waals surface area contributed by atoms with Gasteiger partial charge in [0, 0.05) is 54.8 Å².